The average molecular weight is 264 g/mol. The lowest BCUT2D eigenvalue weighted by atomic mass is 10.3. The number of carbonyl (C=O) groups excluding carboxylic acids is 1. The number of hydrogen-bond donors (Lipinski definition) is 3. The summed E-state index contributed by atoms with van der Waals surface area (Å²) in [5, 5.41) is 17.7. The van der Waals surface area contributed by atoms with E-state index >= 15 is 0 Å². The average Bonchev–Trinajstić information content (AvgIpc) is 3.05. The molecule has 0 aromatic carbocycles. The molecule has 3 N–H and O–H groups in total. The maximum Gasteiger partial charge on any atom is 0.338 e. The zero-order valence-electron chi connectivity index (χ0n) is 9.92. The molecule has 2 rings (SSSR count). The van der Waals surface area contributed by atoms with E-state index in [0.29, 0.717) is 19.4 Å². The van der Waals surface area contributed by atoms with Crippen molar-refractivity contribution >= 4 is 11.9 Å². The number of hydrogen-bond acceptors (Lipinski definition) is 5. The van der Waals surface area contributed by atoms with Crippen LogP contribution in [0.15, 0.2) is 23.1 Å². The van der Waals surface area contributed by atoms with E-state index in [1.54, 1.807) is 0 Å². The number of aromatic amines is 1. The first-order valence-electron chi connectivity index (χ1n) is 5.61. The molecule has 0 saturated carbocycles. The predicted molar refractivity (Wildman–Crippen MR) is 62.7 cm³/mol. The van der Waals surface area contributed by atoms with Gasteiger partial charge in [0.05, 0.1) is 5.56 Å². The van der Waals surface area contributed by atoms with Gasteiger partial charge in [-0.1, -0.05) is 0 Å². The Labute approximate surface area is 107 Å². The molecule has 1 amide bonds. The Morgan fingerprint density at radius 2 is 2.32 bits per heavy atom. The van der Waals surface area contributed by atoms with E-state index in [9.17, 15) is 9.59 Å². The van der Waals surface area contributed by atoms with Crippen LogP contribution in [0.25, 0.3) is 0 Å². The van der Waals surface area contributed by atoms with Gasteiger partial charge < -0.3 is 14.8 Å². The van der Waals surface area contributed by atoms with Crippen molar-refractivity contribution in [3.05, 3.63) is 35.8 Å². The minimum atomic E-state index is -1.13. The Balaban J connectivity index is 1.76. The molecule has 19 heavy (non-hydrogen) atoms. The zero-order chi connectivity index (χ0) is 13.7. The van der Waals surface area contributed by atoms with Gasteiger partial charge in [-0.3, -0.25) is 9.89 Å². The van der Waals surface area contributed by atoms with Crippen LogP contribution in [0.3, 0.4) is 0 Å². The van der Waals surface area contributed by atoms with Crippen molar-refractivity contribution in [1.29, 1.82) is 0 Å². The van der Waals surface area contributed by atoms with E-state index < -0.39 is 11.9 Å². The number of rotatable bonds is 6. The predicted octanol–water partition coefficient (Wildman–Crippen LogP) is 0.458. The van der Waals surface area contributed by atoms with Crippen molar-refractivity contribution in [3.8, 4) is 0 Å². The first-order valence-corrected chi connectivity index (χ1v) is 5.61. The summed E-state index contributed by atoms with van der Waals surface area (Å²) in [4.78, 5) is 26.2. The summed E-state index contributed by atoms with van der Waals surface area (Å²) in [5.74, 6) is -0.837. The fourth-order valence-corrected chi connectivity index (χ4v) is 1.46. The lowest BCUT2D eigenvalue weighted by Gasteiger charge is -2.01. The second kappa shape index (κ2) is 5.80. The number of aryl methyl sites for hydroxylation is 1. The quantitative estimate of drug-likeness (QED) is 0.651. The SMILES string of the molecule is O=C(O)c1coc(C(=O)NCCCc2ncn[nH]2)c1. The van der Waals surface area contributed by atoms with Crippen molar-refractivity contribution < 1.29 is 19.1 Å². The highest BCUT2D eigenvalue weighted by Gasteiger charge is 2.13. The summed E-state index contributed by atoms with van der Waals surface area (Å²) < 4.78 is 4.87. The Kier molecular flexibility index (Phi) is 3.91. The summed E-state index contributed by atoms with van der Waals surface area (Å²) in [6.45, 7) is 0.433. The number of carbonyl (C=O) groups is 2. The minimum absolute atomic E-state index is 0.0166. The third kappa shape index (κ3) is 3.41. The highest BCUT2D eigenvalue weighted by molar-refractivity contribution is 5.95. The summed E-state index contributed by atoms with van der Waals surface area (Å²) in [6.07, 6.45) is 3.81. The summed E-state index contributed by atoms with van der Waals surface area (Å²) >= 11 is 0. The molecule has 0 fully saturated rings. The molecule has 0 saturated heterocycles. The van der Waals surface area contributed by atoms with Gasteiger partial charge in [-0.15, -0.1) is 0 Å². The van der Waals surface area contributed by atoms with E-state index in [0.717, 1.165) is 12.1 Å². The van der Waals surface area contributed by atoms with Crippen LogP contribution >= 0.6 is 0 Å². The van der Waals surface area contributed by atoms with Crippen LogP contribution in [-0.2, 0) is 6.42 Å². The van der Waals surface area contributed by atoms with Crippen LogP contribution in [-0.4, -0.2) is 38.7 Å². The standard InChI is InChI=1S/C11H12N4O4/c16-10(8-4-7(5-19-8)11(17)18)12-3-1-2-9-13-6-14-15-9/h4-6H,1-3H2,(H,12,16)(H,17,18)(H,13,14,15). The van der Waals surface area contributed by atoms with Gasteiger partial charge in [-0.25, -0.2) is 9.78 Å². The summed E-state index contributed by atoms with van der Waals surface area (Å²) in [5.41, 5.74) is -0.0493. The number of carboxylic acids is 1. The maximum atomic E-state index is 11.6. The third-order valence-corrected chi connectivity index (χ3v) is 2.41. The molecular formula is C11H12N4O4. The normalized spacial score (nSPS) is 10.3. The Bertz CT molecular complexity index is 561. The minimum Gasteiger partial charge on any atom is -0.478 e. The van der Waals surface area contributed by atoms with Crippen molar-refractivity contribution in [3.63, 3.8) is 0 Å². The van der Waals surface area contributed by atoms with Crippen LogP contribution in [0.4, 0.5) is 0 Å². The molecule has 0 bridgehead atoms. The van der Waals surface area contributed by atoms with Crippen molar-refractivity contribution in [2.75, 3.05) is 6.54 Å². The van der Waals surface area contributed by atoms with E-state index in [2.05, 4.69) is 20.5 Å². The van der Waals surface area contributed by atoms with Crippen LogP contribution in [0, 0.1) is 0 Å². The largest absolute Gasteiger partial charge is 0.478 e. The van der Waals surface area contributed by atoms with Gasteiger partial charge in [-0.2, -0.15) is 5.10 Å². The lowest BCUT2D eigenvalue weighted by molar-refractivity contribution is 0.0696. The molecule has 8 heteroatoms. The molecule has 0 spiro atoms. The van der Waals surface area contributed by atoms with Gasteiger partial charge in [0.2, 0.25) is 0 Å². The van der Waals surface area contributed by atoms with Gasteiger partial charge in [0.25, 0.3) is 5.91 Å². The first kappa shape index (κ1) is 12.8. The maximum absolute atomic E-state index is 11.6. The Morgan fingerprint density at radius 3 is 2.95 bits per heavy atom. The summed E-state index contributed by atoms with van der Waals surface area (Å²) in [6, 6.07) is 1.19. The highest BCUT2D eigenvalue weighted by Crippen LogP contribution is 2.07. The number of nitrogens with zero attached hydrogens (tertiary/aromatic N) is 2. The molecule has 8 nitrogen and oxygen atoms in total. The third-order valence-electron chi connectivity index (χ3n) is 2.41. The number of aromatic carboxylic acids is 1. The van der Waals surface area contributed by atoms with Crippen LogP contribution < -0.4 is 5.32 Å². The molecule has 0 aliphatic carbocycles. The Morgan fingerprint density at radius 1 is 1.47 bits per heavy atom. The smallest absolute Gasteiger partial charge is 0.338 e. The number of amides is 1. The number of H-pyrrole nitrogens is 1. The highest BCUT2D eigenvalue weighted by atomic mass is 16.4. The molecule has 2 aromatic rings. The molecule has 0 radical (unpaired) electrons. The van der Waals surface area contributed by atoms with E-state index in [4.69, 9.17) is 9.52 Å². The number of nitrogens with one attached hydrogen (secondary N) is 2. The topological polar surface area (TPSA) is 121 Å². The van der Waals surface area contributed by atoms with Crippen LogP contribution in [0.1, 0.15) is 33.2 Å². The van der Waals surface area contributed by atoms with Gasteiger partial charge >= 0.3 is 5.97 Å². The number of aromatic nitrogens is 3. The fraction of sp³-hybridized carbons (Fsp3) is 0.273. The second-order valence-corrected chi connectivity index (χ2v) is 3.80. The molecule has 0 aliphatic rings. The number of carboxylic acid groups (broad SMARTS) is 1. The second-order valence-electron chi connectivity index (χ2n) is 3.80. The molecule has 0 atom stereocenters. The molecule has 100 valence electrons. The monoisotopic (exact) mass is 264 g/mol. The van der Waals surface area contributed by atoms with Crippen molar-refractivity contribution in [2.24, 2.45) is 0 Å². The molecule has 0 unspecified atom stereocenters. The zero-order valence-corrected chi connectivity index (χ0v) is 9.92. The van der Waals surface area contributed by atoms with Crippen molar-refractivity contribution in [1.82, 2.24) is 20.5 Å². The molecule has 0 aliphatic heterocycles. The van der Waals surface area contributed by atoms with Crippen molar-refractivity contribution in [2.45, 2.75) is 12.8 Å². The lowest BCUT2D eigenvalue weighted by Crippen LogP contribution is -2.24. The van der Waals surface area contributed by atoms with Crippen LogP contribution in [0.5, 0.6) is 0 Å². The number of furan rings is 1. The van der Waals surface area contributed by atoms with Gasteiger partial charge in [-0.05, 0) is 6.42 Å². The summed E-state index contributed by atoms with van der Waals surface area (Å²) in [7, 11) is 0. The van der Waals surface area contributed by atoms with Gasteiger partial charge in [0.1, 0.15) is 18.4 Å². The van der Waals surface area contributed by atoms with E-state index in [-0.39, 0.29) is 11.3 Å². The molecular weight excluding hydrogens is 252 g/mol. The van der Waals surface area contributed by atoms with Gasteiger partial charge in [0, 0.05) is 19.0 Å². The van der Waals surface area contributed by atoms with Crippen LogP contribution in [0.2, 0.25) is 0 Å². The van der Waals surface area contributed by atoms with E-state index in [1.165, 1.54) is 12.4 Å². The van der Waals surface area contributed by atoms with Gasteiger partial charge in [0.15, 0.2) is 5.76 Å². The van der Waals surface area contributed by atoms with E-state index in [1.807, 2.05) is 0 Å². The Hall–Kier alpha value is -2.64. The molecule has 2 heterocycles. The molecule has 2 aromatic heterocycles. The first-order chi connectivity index (χ1) is 9.16. The fourth-order valence-electron chi connectivity index (χ4n) is 1.46.